The van der Waals surface area contributed by atoms with Crippen LogP contribution in [-0.2, 0) is 19.1 Å². The predicted octanol–water partition coefficient (Wildman–Crippen LogP) is 4.92. The van der Waals surface area contributed by atoms with Gasteiger partial charge in [-0.25, -0.2) is 9.18 Å². The first-order valence-corrected chi connectivity index (χ1v) is 12.4. The molecule has 0 saturated carbocycles. The Kier molecular flexibility index (Phi) is 6.92. The number of carbonyl (C=O) groups is 2. The first-order chi connectivity index (χ1) is 17.5. The summed E-state index contributed by atoms with van der Waals surface area (Å²) in [7, 11) is 1.61. The molecule has 1 fully saturated rings. The molecular formula is C29H30FNO5. The molecule has 0 amide bonds. The van der Waals surface area contributed by atoms with Gasteiger partial charge in [0.15, 0.2) is 5.78 Å². The molecule has 1 N–H and O–H groups in total. The zero-order valence-corrected chi connectivity index (χ0v) is 20.5. The Bertz CT molecular complexity index is 1240. The van der Waals surface area contributed by atoms with Crippen LogP contribution in [0, 0.1) is 5.82 Å². The molecule has 2 heterocycles. The summed E-state index contributed by atoms with van der Waals surface area (Å²) >= 11 is 0. The SMILES string of the molecule is COc1ccccc1[C@@H]1CC(=O)C2=C(C1)NC(C)=C(C(=O)OC[C@H]1CCCO1)[C@@H]2c1ccccc1F. The highest BCUT2D eigenvalue weighted by Crippen LogP contribution is 2.47. The lowest BCUT2D eigenvalue weighted by molar-refractivity contribution is -0.142. The summed E-state index contributed by atoms with van der Waals surface area (Å²) in [4.78, 5) is 27.1. The second kappa shape index (κ2) is 10.3. The van der Waals surface area contributed by atoms with E-state index < -0.39 is 17.7 Å². The third kappa shape index (κ3) is 4.55. The van der Waals surface area contributed by atoms with Gasteiger partial charge in [-0.05, 0) is 43.9 Å². The van der Waals surface area contributed by atoms with Crippen LogP contribution in [0.2, 0.25) is 0 Å². The molecule has 0 unspecified atom stereocenters. The molecule has 3 atom stereocenters. The molecule has 2 aromatic rings. The molecular weight excluding hydrogens is 461 g/mol. The van der Waals surface area contributed by atoms with E-state index in [2.05, 4.69) is 5.32 Å². The van der Waals surface area contributed by atoms with Gasteiger partial charge in [-0.15, -0.1) is 0 Å². The number of benzene rings is 2. The summed E-state index contributed by atoms with van der Waals surface area (Å²) in [5.74, 6) is -1.35. The van der Waals surface area contributed by atoms with Crippen molar-refractivity contribution in [3.63, 3.8) is 0 Å². The number of methoxy groups -OCH3 is 1. The summed E-state index contributed by atoms with van der Waals surface area (Å²) < 4.78 is 31.9. The van der Waals surface area contributed by atoms with E-state index in [1.807, 2.05) is 24.3 Å². The quantitative estimate of drug-likeness (QED) is 0.579. The van der Waals surface area contributed by atoms with E-state index >= 15 is 4.39 Å². The number of nitrogens with one attached hydrogen (secondary N) is 1. The molecule has 3 aliphatic rings. The van der Waals surface area contributed by atoms with E-state index in [-0.39, 0.29) is 36.4 Å². The maximum absolute atomic E-state index is 15.1. The van der Waals surface area contributed by atoms with Crippen LogP contribution < -0.4 is 10.1 Å². The highest BCUT2D eigenvalue weighted by Gasteiger charge is 2.42. The molecule has 1 aliphatic carbocycles. The van der Waals surface area contributed by atoms with E-state index in [4.69, 9.17) is 14.2 Å². The van der Waals surface area contributed by atoms with Crippen LogP contribution in [0.25, 0.3) is 0 Å². The van der Waals surface area contributed by atoms with E-state index in [1.54, 1.807) is 32.2 Å². The van der Waals surface area contributed by atoms with Gasteiger partial charge in [0.05, 0.1) is 24.7 Å². The zero-order chi connectivity index (χ0) is 25.2. The van der Waals surface area contributed by atoms with Gasteiger partial charge in [-0.2, -0.15) is 0 Å². The number of para-hydroxylation sites is 1. The van der Waals surface area contributed by atoms with Crippen LogP contribution in [0.3, 0.4) is 0 Å². The lowest BCUT2D eigenvalue weighted by Crippen LogP contribution is -2.36. The number of carbonyl (C=O) groups excluding carboxylic acids is 2. The Morgan fingerprint density at radius 3 is 2.58 bits per heavy atom. The Balaban J connectivity index is 1.52. The summed E-state index contributed by atoms with van der Waals surface area (Å²) in [6.45, 7) is 2.56. The average molecular weight is 492 g/mol. The molecule has 2 aliphatic heterocycles. The molecule has 6 nitrogen and oxygen atoms in total. The van der Waals surface area contributed by atoms with Gasteiger partial charge in [0, 0.05) is 41.5 Å². The van der Waals surface area contributed by atoms with Gasteiger partial charge < -0.3 is 19.5 Å². The molecule has 0 aromatic heterocycles. The number of rotatable bonds is 6. The molecule has 36 heavy (non-hydrogen) atoms. The number of ether oxygens (including phenoxy) is 3. The summed E-state index contributed by atoms with van der Waals surface area (Å²) in [5, 5.41) is 3.31. The number of esters is 1. The van der Waals surface area contributed by atoms with Gasteiger partial charge in [-0.3, -0.25) is 4.79 Å². The predicted molar refractivity (Wildman–Crippen MR) is 132 cm³/mol. The minimum Gasteiger partial charge on any atom is -0.496 e. The fourth-order valence-corrected chi connectivity index (χ4v) is 5.58. The second-order valence-electron chi connectivity index (χ2n) is 9.51. The minimum absolute atomic E-state index is 0.0954. The van der Waals surface area contributed by atoms with Crippen LogP contribution in [0.1, 0.15) is 55.6 Å². The van der Waals surface area contributed by atoms with Gasteiger partial charge in [-0.1, -0.05) is 36.4 Å². The second-order valence-corrected chi connectivity index (χ2v) is 9.51. The molecule has 188 valence electrons. The normalized spacial score (nSPS) is 23.9. The van der Waals surface area contributed by atoms with Crippen molar-refractivity contribution in [3.8, 4) is 5.75 Å². The fraction of sp³-hybridized carbons (Fsp3) is 0.379. The highest BCUT2D eigenvalue weighted by atomic mass is 19.1. The van der Waals surface area contributed by atoms with Gasteiger partial charge in [0.2, 0.25) is 0 Å². The van der Waals surface area contributed by atoms with Crippen LogP contribution in [0.5, 0.6) is 5.75 Å². The Labute approximate surface area is 210 Å². The van der Waals surface area contributed by atoms with Crippen molar-refractivity contribution in [2.45, 2.75) is 50.5 Å². The Morgan fingerprint density at radius 2 is 1.86 bits per heavy atom. The van der Waals surface area contributed by atoms with Crippen LogP contribution in [0.15, 0.2) is 71.1 Å². The van der Waals surface area contributed by atoms with E-state index in [0.29, 0.717) is 35.6 Å². The first-order valence-electron chi connectivity index (χ1n) is 12.4. The lowest BCUT2D eigenvalue weighted by atomic mass is 9.71. The zero-order valence-electron chi connectivity index (χ0n) is 20.5. The Morgan fingerprint density at radius 1 is 1.11 bits per heavy atom. The summed E-state index contributed by atoms with van der Waals surface area (Å²) in [5.41, 5.74) is 3.21. The number of ketones is 1. The molecule has 1 saturated heterocycles. The topological polar surface area (TPSA) is 73.9 Å². The van der Waals surface area contributed by atoms with Crippen molar-refractivity contribution < 1.29 is 28.2 Å². The number of hydrogen-bond acceptors (Lipinski definition) is 6. The van der Waals surface area contributed by atoms with E-state index in [9.17, 15) is 9.59 Å². The summed E-state index contributed by atoms with van der Waals surface area (Å²) in [6, 6.07) is 14.0. The molecule has 0 bridgehead atoms. The summed E-state index contributed by atoms with van der Waals surface area (Å²) in [6.07, 6.45) is 2.41. The number of hydrogen-bond donors (Lipinski definition) is 1. The van der Waals surface area contributed by atoms with Crippen molar-refractivity contribution in [1.29, 1.82) is 0 Å². The highest BCUT2D eigenvalue weighted by molar-refractivity contribution is 6.04. The van der Waals surface area contributed by atoms with Crippen molar-refractivity contribution in [1.82, 2.24) is 5.32 Å². The van der Waals surface area contributed by atoms with Crippen LogP contribution in [0.4, 0.5) is 4.39 Å². The van der Waals surface area contributed by atoms with Crippen molar-refractivity contribution in [3.05, 3.63) is 88.0 Å². The van der Waals surface area contributed by atoms with Gasteiger partial charge in [0.25, 0.3) is 0 Å². The maximum Gasteiger partial charge on any atom is 0.336 e. The first kappa shape index (κ1) is 24.3. The number of dihydropyridines is 1. The fourth-order valence-electron chi connectivity index (χ4n) is 5.58. The van der Waals surface area contributed by atoms with Crippen LogP contribution >= 0.6 is 0 Å². The van der Waals surface area contributed by atoms with Crippen molar-refractivity contribution in [2.75, 3.05) is 20.3 Å². The molecule has 7 heteroatoms. The minimum atomic E-state index is -0.842. The van der Waals surface area contributed by atoms with E-state index in [1.165, 1.54) is 6.07 Å². The number of allylic oxidation sites excluding steroid dienone is 3. The third-order valence-electron chi connectivity index (χ3n) is 7.27. The third-order valence-corrected chi connectivity index (χ3v) is 7.27. The molecule has 0 radical (unpaired) electrons. The smallest absolute Gasteiger partial charge is 0.336 e. The Hall–Kier alpha value is -3.45. The number of Topliss-reactive ketones (excluding diaryl/α,β-unsaturated/α-hetero) is 1. The van der Waals surface area contributed by atoms with Crippen molar-refractivity contribution >= 4 is 11.8 Å². The average Bonchev–Trinajstić information content (AvgIpc) is 3.40. The molecule has 5 rings (SSSR count). The number of halogens is 1. The van der Waals surface area contributed by atoms with E-state index in [0.717, 1.165) is 24.2 Å². The lowest BCUT2D eigenvalue weighted by Gasteiger charge is -2.37. The maximum atomic E-state index is 15.1. The standard InChI is InChI=1S/C29H30FNO5/c1-17-26(29(33)36-16-19-8-7-13-35-19)27(21-10-3-5-11-22(21)30)28-23(31-17)14-18(15-24(28)32)20-9-4-6-12-25(20)34-2/h3-6,9-12,18-19,27,31H,7-8,13-16H2,1-2H3/t18-,19+,27-/m0/s1. The molecule has 2 aromatic carbocycles. The van der Waals surface area contributed by atoms with Crippen LogP contribution in [-0.4, -0.2) is 38.2 Å². The van der Waals surface area contributed by atoms with Gasteiger partial charge in [0.1, 0.15) is 18.2 Å². The largest absolute Gasteiger partial charge is 0.496 e. The molecule has 0 spiro atoms. The van der Waals surface area contributed by atoms with Gasteiger partial charge >= 0.3 is 5.97 Å². The van der Waals surface area contributed by atoms with Crippen molar-refractivity contribution in [2.24, 2.45) is 0 Å². The monoisotopic (exact) mass is 491 g/mol.